The van der Waals surface area contributed by atoms with Crippen LogP contribution in [-0.2, 0) is 4.79 Å². The van der Waals surface area contributed by atoms with E-state index in [4.69, 9.17) is 5.73 Å². The summed E-state index contributed by atoms with van der Waals surface area (Å²) < 4.78 is 0.890. The zero-order valence-electron chi connectivity index (χ0n) is 12.0. The first-order valence-electron chi connectivity index (χ1n) is 6.56. The average molecular weight is 348 g/mol. The second kappa shape index (κ2) is 6.63. The molecule has 0 saturated heterocycles. The zero-order valence-corrected chi connectivity index (χ0v) is 13.6. The molecule has 0 aliphatic carbocycles. The minimum atomic E-state index is -0.570. The third kappa shape index (κ3) is 3.76. The fourth-order valence-electron chi connectivity index (χ4n) is 2.02. The number of rotatable bonds is 5. The Morgan fingerprint density at radius 1 is 1.14 bits per heavy atom. The van der Waals surface area contributed by atoms with Gasteiger partial charge in [-0.15, -0.1) is 0 Å². The quantitative estimate of drug-likeness (QED) is 0.873. The number of carbonyl (C=O) groups excluding carboxylic acids is 1. The molecule has 0 aliphatic heterocycles. The summed E-state index contributed by atoms with van der Waals surface area (Å²) in [5, 5.41) is 3.18. The van der Waals surface area contributed by atoms with Crippen LogP contribution in [0.1, 0.15) is 11.6 Å². The Hall–Kier alpha value is -2.01. The zero-order chi connectivity index (χ0) is 15.4. The van der Waals surface area contributed by atoms with E-state index < -0.39 is 11.9 Å². The molecule has 21 heavy (non-hydrogen) atoms. The van der Waals surface area contributed by atoms with Gasteiger partial charge in [-0.1, -0.05) is 24.3 Å². The molecule has 0 heterocycles. The summed E-state index contributed by atoms with van der Waals surface area (Å²) in [6, 6.07) is 14.8. The van der Waals surface area contributed by atoms with Crippen LogP contribution in [0.25, 0.3) is 0 Å². The van der Waals surface area contributed by atoms with Crippen LogP contribution in [0.2, 0.25) is 0 Å². The first kappa shape index (κ1) is 15.4. The van der Waals surface area contributed by atoms with Crippen molar-refractivity contribution in [3.05, 3.63) is 58.6 Å². The van der Waals surface area contributed by atoms with E-state index in [0.717, 1.165) is 21.4 Å². The summed E-state index contributed by atoms with van der Waals surface area (Å²) in [6.07, 6.45) is 0. The molecule has 2 rings (SSSR count). The fraction of sp³-hybridized carbons (Fsp3) is 0.188. The van der Waals surface area contributed by atoms with E-state index in [1.165, 1.54) is 0 Å². The summed E-state index contributed by atoms with van der Waals surface area (Å²) >= 11 is 3.46. The molecule has 0 fully saturated rings. The van der Waals surface area contributed by atoms with E-state index >= 15 is 0 Å². The van der Waals surface area contributed by atoms with E-state index in [0.29, 0.717) is 0 Å². The smallest absolute Gasteiger partial charge is 0.244 e. The Bertz CT molecular complexity index is 626. The van der Waals surface area contributed by atoms with Gasteiger partial charge in [0.25, 0.3) is 0 Å². The Morgan fingerprint density at radius 2 is 1.76 bits per heavy atom. The van der Waals surface area contributed by atoms with Crippen LogP contribution >= 0.6 is 15.9 Å². The maximum atomic E-state index is 11.8. The average Bonchev–Trinajstić information content (AvgIpc) is 2.46. The number of hydrogen-bond acceptors (Lipinski definition) is 3. The molecule has 0 aliphatic rings. The third-order valence-electron chi connectivity index (χ3n) is 3.20. The molecule has 110 valence electrons. The van der Waals surface area contributed by atoms with Crippen LogP contribution in [0.4, 0.5) is 11.4 Å². The summed E-state index contributed by atoms with van der Waals surface area (Å²) in [6.45, 7) is 0. The van der Waals surface area contributed by atoms with Crippen LogP contribution < -0.4 is 16.0 Å². The highest BCUT2D eigenvalue weighted by molar-refractivity contribution is 9.10. The Labute approximate surface area is 133 Å². The van der Waals surface area contributed by atoms with E-state index in [1.54, 1.807) is 0 Å². The van der Waals surface area contributed by atoms with Crippen LogP contribution in [0, 0.1) is 0 Å². The molecule has 2 aromatic carbocycles. The normalized spacial score (nSPS) is 11.8. The Kier molecular flexibility index (Phi) is 4.85. The Balaban J connectivity index is 2.27. The predicted molar refractivity (Wildman–Crippen MR) is 90.5 cm³/mol. The SMILES string of the molecule is CN(C)c1ccc(C(Nc2ccccc2Br)C(N)=O)cc1. The van der Waals surface area contributed by atoms with Gasteiger partial charge in [-0.25, -0.2) is 0 Å². The topological polar surface area (TPSA) is 58.4 Å². The van der Waals surface area contributed by atoms with Crippen molar-refractivity contribution in [2.45, 2.75) is 6.04 Å². The Morgan fingerprint density at radius 3 is 2.29 bits per heavy atom. The lowest BCUT2D eigenvalue weighted by Gasteiger charge is -2.19. The van der Waals surface area contributed by atoms with Crippen molar-refractivity contribution in [3.8, 4) is 0 Å². The molecule has 0 aromatic heterocycles. The molecule has 5 heteroatoms. The van der Waals surface area contributed by atoms with Gasteiger partial charge < -0.3 is 16.0 Å². The molecule has 1 unspecified atom stereocenters. The van der Waals surface area contributed by atoms with Gasteiger partial charge in [-0.2, -0.15) is 0 Å². The molecular formula is C16H18BrN3O. The maximum absolute atomic E-state index is 11.8. The largest absolute Gasteiger partial charge is 0.378 e. The lowest BCUT2D eigenvalue weighted by Crippen LogP contribution is -2.27. The number of hydrogen-bond donors (Lipinski definition) is 2. The van der Waals surface area contributed by atoms with E-state index in [-0.39, 0.29) is 0 Å². The van der Waals surface area contributed by atoms with Crippen molar-refractivity contribution < 1.29 is 4.79 Å². The van der Waals surface area contributed by atoms with Gasteiger partial charge in [-0.05, 0) is 45.8 Å². The third-order valence-corrected chi connectivity index (χ3v) is 3.89. The number of nitrogens with one attached hydrogen (secondary N) is 1. The second-order valence-electron chi connectivity index (χ2n) is 4.95. The number of nitrogens with two attached hydrogens (primary N) is 1. The number of amides is 1. The molecule has 1 atom stereocenters. The summed E-state index contributed by atoms with van der Waals surface area (Å²) in [4.78, 5) is 13.8. The lowest BCUT2D eigenvalue weighted by molar-refractivity contribution is -0.118. The van der Waals surface area contributed by atoms with Gasteiger partial charge in [-0.3, -0.25) is 4.79 Å². The highest BCUT2D eigenvalue weighted by atomic mass is 79.9. The van der Waals surface area contributed by atoms with E-state index in [9.17, 15) is 4.79 Å². The molecule has 1 amide bonds. The first-order chi connectivity index (χ1) is 9.99. The lowest BCUT2D eigenvalue weighted by atomic mass is 10.1. The number of benzene rings is 2. The van der Waals surface area contributed by atoms with Gasteiger partial charge in [0.05, 0.1) is 0 Å². The van der Waals surface area contributed by atoms with Gasteiger partial charge in [0.15, 0.2) is 0 Å². The van der Waals surface area contributed by atoms with Crippen LogP contribution in [0.3, 0.4) is 0 Å². The van der Waals surface area contributed by atoms with Crippen LogP contribution in [-0.4, -0.2) is 20.0 Å². The highest BCUT2D eigenvalue weighted by Gasteiger charge is 2.18. The standard InChI is InChI=1S/C16H18BrN3O/c1-20(2)12-9-7-11(8-10-12)15(16(18)21)19-14-6-4-3-5-13(14)17/h3-10,15,19H,1-2H3,(H2,18,21). The van der Waals surface area contributed by atoms with Gasteiger partial charge >= 0.3 is 0 Å². The van der Waals surface area contributed by atoms with Crippen molar-refractivity contribution in [3.63, 3.8) is 0 Å². The molecule has 0 bridgehead atoms. The minimum Gasteiger partial charge on any atom is -0.378 e. The fourth-order valence-corrected chi connectivity index (χ4v) is 2.42. The second-order valence-corrected chi connectivity index (χ2v) is 5.80. The number of halogens is 1. The molecule has 0 radical (unpaired) electrons. The van der Waals surface area contributed by atoms with Crippen molar-refractivity contribution in [2.75, 3.05) is 24.3 Å². The predicted octanol–water partition coefficient (Wildman–Crippen LogP) is 3.15. The molecule has 0 spiro atoms. The number of anilines is 2. The van der Waals surface area contributed by atoms with Crippen LogP contribution in [0.5, 0.6) is 0 Å². The van der Waals surface area contributed by atoms with Crippen LogP contribution in [0.15, 0.2) is 53.0 Å². The number of para-hydroxylation sites is 1. The highest BCUT2D eigenvalue weighted by Crippen LogP contribution is 2.27. The van der Waals surface area contributed by atoms with Crippen molar-refractivity contribution in [2.24, 2.45) is 5.73 Å². The minimum absolute atomic E-state index is 0.414. The van der Waals surface area contributed by atoms with Gasteiger partial charge in [0.1, 0.15) is 6.04 Å². The number of primary amides is 1. The summed E-state index contributed by atoms with van der Waals surface area (Å²) in [5.74, 6) is -0.414. The molecule has 4 nitrogen and oxygen atoms in total. The van der Waals surface area contributed by atoms with Crippen molar-refractivity contribution in [1.82, 2.24) is 0 Å². The van der Waals surface area contributed by atoms with Gasteiger partial charge in [0, 0.05) is 29.9 Å². The van der Waals surface area contributed by atoms with Crippen molar-refractivity contribution >= 4 is 33.2 Å². The number of nitrogens with zero attached hydrogens (tertiary/aromatic N) is 1. The van der Waals surface area contributed by atoms with E-state index in [2.05, 4.69) is 21.2 Å². The maximum Gasteiger partial charge on any atom is 0.244 e. The molecule has 0 saturated carbocycles. The first-order valence-corrected chi connectivity index (χ1v) is 7.36. The molecular weight excluding hydrogens is 330 g/mol. The summed E-state index contributed by atoms with van der Waals surface area (Å²) in [7, 11) is 3.94. The van der Waals surface area contributed by atoms with Crippen molar-refractivity contribution in [1.29, 1.82) is 0 Å². The summed E-state index contributed by atoms with van der Waals surface area (Å²) in [5.41, 5.74) is 8.28. The van der Waals surface area contributed by atoms with Gasteiger partial charge in [0.2, 0.25) is 5.91 Å². The number of carbonyl (C=O) groups is 1. The monoisotopic (exact) mass is 347 g/mol. The molecule has 2 aromatic rings. The van der Waals surface area contributed by atoms with E-state index in [1.807, 2.05) is 67.5 Å². The molecule has 3 N–H and O–H groups in total.